The third-order valence-electron chi connectivity index (χ3n) is 3.91. The fourth-order valence-electron chi connectivity index (χ4n) is 2.62. The highest BCUT2D eigenvalue weighted by Gasteiger charge is 2.26. The summed E-state index contributed by atoms with van der Waals surface area (Å²) in [6, 6.07) is 7.66. The van der Waals surface area contributed by atoms with Gasteiger partial charge in [0.1, 0.15) is 17.4 Å². The number of rotatable bonds is 5. The molecule has 0 amide bonds. The van der Waals surface area contributed by atoms with Crippen LogP contribution in [0.1, 0.15) is 17.6 Å². The van der Waals surface area contributed by atoms with Crippen LogP contribution >= 0.6 is 22.9 Å². The molecule has 1 aromatic heterocycles. The summed E-state index contributed by atoms with van der Waals surface area (Å²) in [6.07, 6.45) is 0. The second-order valence-electron chi connectivity index (χ2n) is 5.81. The Morgan fingerprint density at radius 2 is 2.14 bits per heavy atom. The van der Waals surface area contributed by atoms with Crippen LogP contribution < -0.4 is 10.5 Å². The summed E-state index contributed by atoms with van der Waals surface area (Å²) in [5.41, 5.74) is 7.16. The molecular formula is C16H20ClN3OS. The standard InChI is InChI=1S/C16H20ClN3OS/c1-11-6-20(8-15(11)18)7-13-10-22-16(19-13)9-21-14-4-2-12(17)3-5-14/h2-5,10-11,15H,6-9,18H2,1H3. The number of hydrogen-bond acceptors (Lipinski definition) is 5. The topological polar surface area (TPSA) is 51.4 Å². The van der Waals surface area contributed by atoms with Gasteiger partial charge in [0.05, 0.1) is 5.69 Å². The van der Waals surface area contributed by atoms with Crippen molar-refractivity contribution in [1.82, 2.24) is 9.88 Å². The highest BCUT2D eigenvalue weighted by Crippen LogP contribution is 2.20. The van der Waals surface area contributed by atoms with Gasteiger partial charge in [0.2, 0.25) is 0 Å². The Morgan fingerprint density at radius 3 is 2.82 bits per heavy atom. The lowest BCUT2D eigenvalue weighted by Crippen LogP contribution is -2.28. The number of halogens is 1. The first-order valence-electron chi connectivity index (χ1n) is 7.40. The zero-order valence-corrected chi connectivity index (χ0v) is 14.1. The maximum atomic E-state index is 6.06. The summed E-state index contributed by atoms with van der Waals surface area (Å²) in [7, 11) is 0. The molecule has 1 saturated heterocycles. The van der Waals surface area contributed by atoms with E-state index in [2.05, 4.69) is 22.2 Å². The zero-order valence-electron chi connectivity index (χ0n) is 12.5. The lowest BCUT2D eigenvalue weighted by atomic mass is 10.1. The van der Waals surface area contributed by atoms with Crippen molar-refractivity contribution >= 4 is 22.9 Å². The summed E-state index contributed by atoms with van der Waals surface area (Å²) in [6.45, 7) is 5.57. The molecule has 2 N–H and O–H groups in total. The highest BCUT2D eigenvalue weighted by molar-refractivity contribution is 7.09. The number of nitrogens with two attached hydrogens (primary N) is 1. The summed E-state index contributed by atoms with van der Waals surface area (Å²) in [5, 5.41) is 3.80. The van der Waals surface area contributed by atoms with Crippen LogP contribution in [0.5, 0.6) is 5.75 Å². The van der Waals surface area contributed by atoms with Gasteiger partial charge in [-0.05, 0) is 30.2 Å². The number of benzene rings is 1. The third-order valence-corrected chi connectivity index (χ3v) is 5.03. The van der Waals surface area contributed by atoms with Crippen molar-refractivity contribution in [2.24, 2.45) is 11.7 Å². The van der Waals surface area contributed by atoms with Gasteiger partial charge in [-0.15, -0.1) is 11.3 Å². The average Bonchev–Trinajstić information content (AvgIpc) is 3.06. The van der Waals surface area contributed by atoms with Crippen LogP contribution in [0.25, 0.3) is 0 Å². The van der Waals surface area contributed by atoms with Crippen LogP contribution in [-0.2, 0) is 13.2 Å². The number of ether oxygens (including phenoxy) is 1. The van der Waals surface area contributed by atoms with E-state index in [1.807, 2.05) is 24.3 Å². The van der Waals surface area contributed by atoms with Crippen LogP contribution in [0.3, 0.4) is 0 Å². The zero-order chi connectivity index (χ0) is 15.5. The fourth-order valence-corrected chi connectivity index (χ4v) is 3.44. The molecule has 1 aliphatic heterocycles. The molecule has 22 heavy (non-hydrogen) atoms. The second kappa shape index (κ2) is 6.96. The van der Waals surface area contributed by atoms with E-state index in [0.717, 1.165) is 36.1 Å². The van der Waals surface area contributed by atoms with Crippen LogP contribution in [0.2, 0.25) is 5.02 Å². The van der Waals surface area contributed by atoms with Gasteiger partial charge >= 0.3 is 0 Å². The lowest BCUT2D eigenvalue weighted by Gasteiger charge is -2.12. The normalized spacial score (nSPS) is 22.1. The fraction of sp³-hybridized carbons (Fsp3) is 0.438. The van der Waals surface area contributed by atoms with Crippen molar-refractivity contribution in [3.63, 3.8) is 0 Å². The maximum absolute atomic E-state index is 6.06. The van der Waals surface area contributed by atoms with Crippen LogP contribution in [0, 0.1) is 5.92 Å². The summed E-state index contributed by atoms with van der Waals surface area (Å²) >= 11 is 7.49. The molecule has 1 aliphatic rings. The predicted molar refractivity (Wildman–Crippen MR) is 90.3 cm³/mol. The largest absolute Gasteiger partial charge is 0.486 e. The van der Waals surface area contributed by atoms with Crippen molar-refractivity contribution in [3.05, 3.63) is 45.4 Å². The molecule has 2 atom stereocenters. The maximum Gasteiger partial charge on any atom is 0.140 e. The molecule has 0 bridgehead atoms. The van der Waals surface area contributed by atoms with Crippen molar-refractivity contribution in [3.8, 4) is 5.75 Å². The van der Waals surface area contributed by atoms with Gasteiger partial charge in [0.25, 0.3) is 0 Å². The summed E-state index contributed by atoms with van der Waals surface area (Å²) in [4.78, 5) is 7.01. The van der Waals surface area contributed by atoms with Gasteiger partial charge in [0, 0.05) is 36.1 Å². The minimum atomic E-state index is 0.284. The van der Waals surface area contributed by atoms with E-state index in [1.165, 1.54) is 0 Å². The van der Waals surface area contributed by atoms with Gasteiger partial charge < -0.3 is 10.5 Å². The highest BCUT2D eigenvalue weighted by atomic mass is 35.5. The predicted octanol–water partition coefficient (Wildman–Crippen LogP) is 3.15. The molecular weight excluding hydrogens is 318 g/mol. The van der Waals surface area contributed by atoms with Gasteiger partial charge in [-0.3, -0.25) is 4.90 Å². The van der Waals surface area contributed by atoms with E-state index in [1.54, 1.807) is 11.3 Å². The Bertz CT molecular complexity index is 606. The summed E-state index contributed by atoms with van der Waals surface area (Å²) in [5.74, 6) is 1.37. The average molecular weight is 338 g/mol. The number of aromatic nitrogens is 1. The molecule has 1 fully saturated rings. The molecule has 0 radical (unpaired) electrons. The summed E-state index contributed by atoms with van der Waals surface area (Å²) < 4.78 is 5.72. The molecule has 2 aromatic rings. The first-order valence-corrected chi connectivity index (χ1v) is 8.65. The molecule has 4 nitrogen and oxygen atoms in total. The monoisotopic (exact) mass is 337 g/mol. The Morgan fingerprint density at radius 1 is 1.36 bits per heavy atom. The Hall–Kier alpha value is -1.14. The number of hydrogen-bond donors (Lipinski definition) is 1. The van der Waals surface area contributed by atoms with E-state index in [0.29, 0.717) is 17.5 Å². The Labute approximate surface area is 139 Å². The van der Waals surface area contributed by atoms with E-state index in [9.17, 15) is 0 Å². The van der Waals surface area contributed by atoms with Crippen molar-refractivity contribution in [2.45, 2.75) is 26.1 Å². The lowest BCUT2D eigenvalue weighted by molar-refractivity contribution is 0.301. The van der Waals surface area contributed by atoms with Crippen molar-refractivity contribution < 1.29 is 4.74 Å². The number of likely N-dealkylation sites (tertiary alicyclic amines) is 1. The van der Waals surface area contributed by atoms with Gasteiger partial charge in [-0.2, -0.15) is 0 Å². The minimum Gasteiger partial charge on any atom is -0.486 e. The molecule has 0 spiro atoms. The molecule has 118 valence electrons. The smallest absolute Gasteiger partial charge is 0.140 e. The van der Waals surface area contributed by atoms with Crippen LogP contribution in [0.4, 0.5) is 0 Å². The first kappa shape index (κ1) is 15.7. The van der Waals surface area contributed by atoms with Gasteiger partial charge in [-0.25, -0.2) is 4.98 Å². The SMILES string of the molecule is CC1CN(Cc2csc(COc3ccc(Cl)cc3)n2)CC1N. The number of nitrogens with zero attached hydrogens (tertiary/aromatic N) is 2. The number of thiazole rings is 1. The minimum absolute atomic E-state index is 0.284. The van der Waals surface area contributed by atoms with E-state index < -0.39 is 0 Å². The Balaban J connectivity index is 1.52. The van der Waals surface area contributed by atoms with E-state index in [-0.39, 0.29) is 6.04 Å². The van der Waals surface area contributed by atoms with Gasteiger partial charge in [0.15, 0.2) is 0 Å². The van der Waals surface area contributed by atoms with Crippen LogP contribution in [-0.4, -0.2) is 29.0 Å². The van der Waals surface area contributed by atoms with E-state index >= 15 is 0 Å². The Kier molecular flexibility index (Phi) is 4.98. The van der Waals surface area contributed by atoms with Crippen LogP contribution in [0.15, 0.2) is 29.6 Å². The first-order chi connectivity index (χ1) is 10.6. The van der Waals surface area contributed by atoms with Crippen molar-refractivity contribution in [1.29, 1.82) is 0 Å². The molecule has 6 heteroatoms. The molecule has 1 aromatic carbocycles. The van der Waals surface area contributed by atoms with Gasteiger partial charge in [-0.1, -0.05) is 18.5 Å². The molecule has 2 unspecified atom stereocenters. The van der Waals surface area contributed by atoms with E-state index in [4.69, 9.17) is 22.1 Å². The quantitative estimate of drug-likeness (QED) is 0.910. The molecule has 0 aliphatic carbocycles. The second-order valence-corrected chi connectivity index (χ2v) is 7.19. The van der Waals surface area contributed by atoms with Crippen molar-refractivity contribution in [2.75, 3.05) is 13.1 Å². The third kappa shape index (κ3) is 3.98. The molecule has 0 saturated carbocycles. The molecule has 3 rings (SSSR count). The molecule has 2 heterocycles.